The third-order valence-electron chi connectivity index (χ3n) is 3.92. The van der Waals surface area contributed by atoms with Crippen molar-refractivity contribution in [1.82, 2.24) is 25.3 Å². The first kappa shape index (κ1) is 14.3. The van der Waals surface area contributed by atoms with Crippen LogP contribution in [0.1, 0.15) is 36.5 Å². The fourth-order valence-electron chi connectivity index (χ4n) is 2.31. The summed E-state index contributed by atoms with van der Waals surface area (Å²) < 4.78 is 4.74. The van der Waals surface area contributed by atoms with Gasteiger partial charge in [-0.15, -0.1) is 11.3 Å². The maximum absolute atomic E-state index is 4.74. The maximum Gasteiger partial charge on any atom is 0.245 e. The standard InChI is InChI=1S/C14H17N7OS/c1-7-6-23-14(15-7)8(2)21(3)13-12(16-9-4-5-9)17-10-11(18-13)20-22-19-10/h6,8-9H,4-5H2,1-3H3,(H,16,17,19). The average molecular weight is 331 g/mol. The van der Waals surface area contributed by atoms with Crippen LogP contribution in [0, 0.1) is 6.92 Å². The molecule has 3 aromatic rings. The SMILES string of the molecule is Cc1csc(C(C)N(C)c2nc3nonc3nc2NC2CC2)n1. The van der Waals surface area contributed by atoms with E-state index in [4.69, 9.17) is 4.63 Å². The van der Waals surface area contributed by atoms with Crippen LogP contribution in [-0.2, 0) is 0 Å². The summed E-state index contributed by atoms with van der Waals surface area (Å²) in [5.41, 5.74) is 1.86. The molecule has 0 aliphatic heterocycles. The van der Waals surface area contributed by atoms with Gasteiger partial charge in [0, 0.05) is 24.2 Å². The van der Waals surface area contributed by atoms with Gasteiger partial charge in [0.15, 0.2) is 11.6 Å². The Morgan fingerprint density at radius 2 is 2.00 bits per heavy atom. The van der Waals surface area contributed by atoms with E-state index < -0.39 is 0 Å². The number of rotatable bonds is 5. The van der Waals surface area contributed by atoms with Gasteiger partial charge in [-0.2, -0.15) is 0 Å². The molecule has 1 unspecified atom stereocenters. The van der Waals surface area contributed by atoms with Crippen molar-refractivity contribution >= 4 is 34.3 Å². The lowest BCUT2D eigenvalue weighted by molar-refractivity contribution is 0.314. The van der Waals surface area contributed by atoms with Crippen LogP contribution < -0.4 is 10.2 Å². The van der Waals surface area contributed by atoms with E-state index in [1.54, 1.807) is 11.3 Å². The summed E-state index contributed by atoms with van der Waals surface area (Å²) in [6.45, 7) is 4.10. The fourth-order valence-corrected chi connectivity index (χ4v) is 3.20. The molecule has 0 saturated heterocycles. The molecule has 1 aliphatic carbocycles. The van der Waals surface area contributed by atoms with E-state index in [-0.39, 0.29) is 6.04 Å². The molecule has 23 heavy (non-hydrogen) atoms. The van der Waals surface area contributed by atoms with Crippen molar-refractivity contribution in [3.8, 4) is 0 Å². The molecule has 0 aromatic carbocycles. The summed E-state index contributed by atoms with van der Waals surface area (Å²) >= 11 is 1.65. The first-order valence-corrected chi connectivity index (χ1v) is 8.41. The highest BCUT2D eigenvalue weighted by Gasteiger charge is 2.27. The maximum atomic E-state index is 4.74. The van der Waals surface area contributed by atoms with Crippen LogP contribution >= 0.6 is 11.3 Å². The lowest BCUT2D eigenvalue weighted by atomic mass is 10.3. The summed E-state index contributed by atoms with van der Waals surface area (Å²) in [6.07, 6.45) is 2.31. The summed E-state index contributed by atoms with van der Waals surface area (Å²) in [5.74, 6) is 1.46. The molecule has 120 valence electrons. The molecule has 1 N–H and O–H groups in total. The highest BCUT2D eigenvalue weighted by atomic mass is 32.1. The van der Waals surface area contributed by atoms with Gasteiger partial charge in [0.2, 0.25) is 11.3 Å². The van der Waals surface area contributed by atoms with Crippen molar-refractivity contribution in [2.75, 3.05) is 17.3 Å². The second kappa shape index (κ2) is 5.41. The van der Waals surface area contributed by atoms with Gasteiger partial charge in [0.25, 0.3) is 0 Å². The average Bonchev–Trinajstić information content (AvgIpc) is 3.06. The number of aryl methyl sites for hydroxylation is 1. The van der Waals surface area contributed by atoms with Crippen molar-refractivity contribution in [3.05, 3.63) is 16.1 Å². The second-order valence-corrected chi connectivity index (χ2v) is 6.73. The van der Waals surface area contributed by atoms with E-state index in [0.29, 0.717) is 17.3 Å². The summed E-state index contributed by atoms with van der Waals surface area (Å²) in [7, 11) is 1.99. The third kappa shape index (κ3) is 2.72. The molecule has 0 radical (unpaired) electrons. The molecule has 4 rings (SSSR count). The fraction of sp³-hybridized carbons (Fsp3) is 0.500. The first-order valence-electron chi connectivity index (χ1n) is 7.53. The number of hydrogen-bond donors (Lipinski definition) is 1. The largest absolute Gasteiger partial charge is 0.364 e. The van der Waals surface area contributed by atoms with E-state index in [9.17, 15) is 0 Å². The molecule has 3 aromatic heterocycles. The molecule has 1 saturated carbocycles. The van der Waals surface area contributed by atoms with Crippen molar-refractivity contribution in [3.63, 3.8) is 0 Å². The smallest absolute Gasteiger partial charge is 0.245 e. The Morgan fingerprint density at radius 3 is 2.65 bits per heavy atom. The van der Waals surface area contributed by atoms with Gasteiger partial charge in [-0.05, 0) is 37.0 Å². The van der Waals surface area contributed by atoms with Gasteiger partial charge >= 0.3 is 0 Å². The number of anilines is 2. The highest BCUT2D eigenvalue weighted by Crippen LogP contribution is 2.33. The predicted octanol–water partition coefficient (Wildman–Crippen LogP) is 2.55. The van der Waals surface area contributed by atoms with Gasteiger partial charge in [-0.25, -0.2) is 19.6 Å². The number of thiazole rings is 1. The van der Waals surface area contributed by atoms with Crippen molar-refractivity contribution < 1.29 is 4.63 Å². The molecule has 1 fully saturated rings. The van der Waals surface area contributed by atoms with Crippen LogP contribution in [0.3, 0.4) is 0 Å². The van der Waals surface area contributed by atoms with E-state index in [1.807, 2.05) is 14.0 Å². The monoisotopic (exact) mass is 331 g/mol. The zero-order valence-corrected chi connectivity index (χ0v) is 14.0. The minimum atomic E-state index is 0.0834. The minimum Gasteiger partial charge on any atom is -0.364 e. The molecule has 0 spiro atoms. The normalized spacial score (nSPS) is 15.8. The molecular formula is C14H17N7OS. The van der Waals surface area contributed by atoms with Crippen LogP contribution in [0.15, 0.2) is 10.0 Å². The number of nitrogens with zero attached hydrogens (tertiary/aromatic N) is 6. The van der Waals surface area contributed by atoms with E-state index >= 15 is 0 Å². The summed E-state index contributed by atoms with van der Waals surface area (Å²) in [6, 6.07) is 0.547. The number of aromatic nitrogens is 5. The molecule has 1 aliphatic rings. The predicted molar refractivity (Wildman–Crippen MR) is 87.7 cm³/mol. The Hall–Kier alpha value is -2.29. The van der Waals surface area contributed by atoms with Crippen LogP contribution in [0.4, 0.5) is 11.6 Å². The van der Waals surface area contributed by atoms with Crippen molar-refractivity contribution in [2.24, 2.45) is 0 Å². The quantitative estimate of drug-likeness (QED) is 0.762. The Balaban J connectivity index is 1.72. The van der Waals surface area contributed by atoms with Gasteiger partial charge in [-0.1, -0.05) is 0 Å². The van der Waals surface area contributed by atoms with Crippen molar-refractivity contribution in [1.29, 1.82) is 0 Å². The number of fused-ring (bicyclic) bond motifs is 1. The molecule has 1 atom stereocenters. The molecule has 0 bridgehead atoms. The highest BCUT2D eigenvalue weighted by molar-refractivity contribution is 7.09. The zero-order valence-electron chi connectivity index (χ0n) is 13.1. The van der Waals surface area contributed by atoms with Crippen molar-refractivity contribution in [2.45, 2.75) is 38.8 Å². The summed E-state index contributed by atoms with van der Waals surface area (Å²) in [5, 5.41) is 14.1. The Bertz CT molecular complexity index is 841. The minimum absolute atomic E-state index is 0.0834. The Labute approximate surface area is 136 Å². The zero-order chi connectivity index (χ0) is 16.0. The topological polar surface area (TPSA) is 92.9 Å². The second-order valence-electron chi connectivity index (χ2n) is 5.84. The molecule has 9 heteroatoms. The summed E-state index contributed by atoms with van der Waals surface area (Å²) in [4.78, 5) is 15.7. The van der Waals surface area contributed by atoms with Gasteiger partial charge in [0.05, 0.1) is 6.04 Å². The molecular weight excluding hydrogens is 314 g/mol. The lowest BCUT2D eigenvalue weighted by Crippen LogP contribution is -2.24. The molecule has 0 amide bonds. The van der Waals surface area contributed by atoms with E-state index in [2.05, 4.69) is 47.8 Å². The lowest BCUT2D eigenvalue weighted by Gasteiger charge is -2.25. The van der Waals surface area contributed by atoms with Crippen LogP contribution in [-0.4, -0.2) is 38.4 Å². The Kier molecular flexibility index (Phi) is 3.37. The van der Waals surface area contributed by atoms with Crippen LogP contribution in [0.2, 0.25) is 0 Å². The molecule has 8 nitrogen and oxygen atoms in total. The van der Waals surface area contributed by atoms with Gasteiger partial charge < -0.3 is 10.2 Å². The number of hydrogen-bond acceptors (Lipinski definition) is 9. The van der Waals surface area contributed by atoms with Crippen LogP contribution in [0.25, 0.3) is 11.3 Å². The Morgan fingerprint density at radius 1 is 1.26 bits per heavy atom. The molecule has 3 heterocycles. The third-order valence-corrected chi connectivity index (χ3v) is 5.06. The van der Waals surface area contributed by atoms with Gasteiger partial charge in [0.1, 0.15) is 5.01 Å². The van der Waals surface area contributed by atoms with E-state index in [1.165, 1.54) is 0 Å². The van der Waals surface area contributed by atoms with Crippen LogP contribution in [0.5, 0.6) is 0 Å². The number of nitrogens with one attached hydrogen (secondary N) is 1. The van der Waals surface area contributed by atoms with Gasteiger partial charge in [-0.3, -0.25) is 0 Å². The van der Waals surface area contributed by atoms with E-state index in [0.717, 1.165) is 35.2 Å². The first-order chi connectivity index (χ1) is 11.1.